The molecule has 3 rings (SSSR count). The summed E-state index contributed by atoms with van der Waals surface area (Å²) in [5.74, 6) is -0.0754. The third-order valence-electron chi connectivity index (χ3n) is 3.50. The Kier molecular flexibility index (Phi) is 4.57. The molecule has 0 fully saturated rings. The van der Waals surface area contributed by atoms with Crippen LogP contribution in [0.1, 0.15) is 22.3 Å². The number of nitrogens with one attached hydrogen (secondary N) is 1. The highest BCUT2D eigenvalue weighted by molar-refractivity contribution is 5.92. The first kappa shape index (κ1) is 16.4. The zero-order valence-corrected chi connectivity index (χ0v) is 12.9. The van der Waals surface area contributed by atoms with Gasteiger partial charge in [0.1, 0.15) is 11.8 Å². The van der Waals surface area contributed by atoms with Crippen LogP contribution in [-0.2, 0) is 0 Å². The first-order valence-corrected chi connectivity index (χ1v) is 7.34. The van der Waals surface area contributed by atoms with Gasteiger partial charge in [-0.15, -0.1) is 0 Å². The number of hydrogen-bond acceptors (Lipinski definition) is 6. The van der Waals surface area contributed by atoms with Gasteiger partial charge >= 0.3 is 0 Å². The van der Waals surface area contributed by atoms with Crippen molar-refractivity contribution in [1.29, 1.82) is 0 Å². The fraction of sp³-hybridized carbons (Fsp3) is 0.125. The molecule has 1 amide bonds. The molecule has 9 nitrogen and oxygen atoms in total. The van der Waals surface area contributed by atoms with E-state index in [0.717, 1.165) is 0 Å². The largest absolute Gasteiger partial charge is 0.467 e. The van der Waals surface area contributed by atoms with Gasteiger partial charge < -0.3 is 14.8 Å². The zero-order chi connectivity index (χ0) is 17.8. The Hall–Kier alpha value is -3.46. The molecule has 0 aliphatic carbocycles. The Bertz CT molecular complexity index is 888. The molecule has 25 heavy (non-hydrogen) atoms. The van der Waals surface area contributed by atoms with Crippen molar-refractivity contribution in [3.05, 3.63) is 76.5 Å². The van der Waals surface area contributed by atoms with Crippen molar-refractivity contribution in [2.45, 2.75) is 6.04 Å². The molecular formula is C16H14N4O5. The Morgan fingerprint density at radius 2 is 2.20 bits per heavy atom. The smallest absolute Gasteiger partial charge is 0.272 e. The molecule has 1 aromatic carbocycles. The summed E-state index contributed by atoms with van der Waals surface area (Å²) >= 11 is 0. The molecule has 0 radical (unpaired) electrons. The Balaban J connectivity index is 1.78. The van der Waals surface area contributed by atoms with Gasteiger partial charge in [0.15, 0.2) is 5.69 Å². The molecular weight excluding hydrogens is 328 g/mol. The maximum absolute atomic E-state index is 12.3. The van der Waals surface area contributed by atoms with Crippen LogP contribution in [0.5, 0.6) is 0 Å². The minimum Gasteiger partial charge on any atom is -0.467 e. The number of non-ortho nitro benzene ring substituents is 1. The minimum absolute atomic E-state index is 0.0721. The summed E-state index contributed by atoms with van der Waals surface area (Å²) in [5.41, 5.74) is 0.492. The maximum Gasteiger partial charge on any atom is 0.272 e. The number of nitrogens with zero attached hydrogens (tertiary/aromatic N) is 3. The molecule has 0 bridgehead atoms. The molecule has 2 heterocycles. The third kappa shape index (κ3) is 3.56. The van der Waals surface area contributed by atoms with Gasteiger partial charge in [-0.05, 0) is 24.3 Å². The molecule has 2 aromatic heterocycles. The van der Waals surface area contributed by atoms with Crippen molar-refractivity contribution in [3.63, 3.8) is 0 Å². The van der Waals surface area contributed by atoms with Crippen molar-refractivity contribution in [2.24, 2.45) is 0 Å². The predicted molar refractivity (Wildman–Crippen MR) is 86.2 cm³/mol. The van der Waals surface area contributed by atoms with E-state index in [4.69, 9.17) is 4.42 Å². The number of carbonyl (C=O) groups is 1. The first-order valence-electron chi connectivity index (χ1n) is 7.34. The second-order valence-corrected chi connectivity index (χ2v) is 5.15. The van der Waals surface area contributed by atoms with Crippen molar-refractivity contribution in [2.75, 3.05) is 6.61 Å². The quantitative estimate of drug-likeness (QED) is 0.520. The van der Waals surface area contributed by atoms with Crippen LogP contribution in [0.15, 0.2) is 59.3 Å². The fourth-order valence-electron chi connectivity index (χ4n) is 2.27. The van der Waals surface area contributed by atoms with Crippen LogP contribution in [0.25, 0.3) is 5.69 Å². The summed E-state index contributed by atoms with van der Waals surface area (Å²) in [7, 11) is 0. The Labute approximate surface area is 141 Å². The van der Waals surface area contributed by atoms with E-state index >= 15 is 0 Å². The second kappa shape index (κ2) is 6.97. The van der Waals surface area contributed by atoms with Gasteiger partial charge in [-0.1, -0.05) is 6.07 Å². The lowest BCUT2D eigenvalue weighted by Gasteiger charge is -2.12. The minimum atomic E-state index is -0.689. The maximum atomic E-state index is 12.3. The zero-order valence-electron chi connectivity index (χ0n) is 12.9. The van der Waals surface area contributed by atoms with Crippen LogP contribution in [0.4, 0.5) is 5.69 Å². The summed E-state index contributed by atoms with van der Waals surface area (Å²) in [6.07, 6.45) is 2.97. The number of aromatic nitrogens is 2. The second-order valence-electron chi connectivity index (χ2n) is 5.15. The van der Waals surface area contributed by atoms with Crippen molar-refractivity contribution >= 4 is 11.6 Å². The summed E-state index contributed by atoms with van der Waals surface area (Å²) in [5, 5.41) is 27.0. The molecule has 0 aliphatic heterocycles. The third-order valence-corrected chi connectivity index (χ3v) is 3.50. The fourth-order valence-corrected chi connectivity index (χ4v) is 2.27. The molecule has 2 N–H and O–H groups in total. The van der Waals surface area contributed by atoms with Crippen LogP contribution in [0, 0.1) is 10.1 Å². The van der Waals surface area contributed by atoms with E-state index in [0.29, 0.717) is 11.4 Å². The molecule has 3 aromatic rings. The monoisotopic (exact) mass is 342 g/mol. The van der Waals surface area contributed by atoms with Crippen molar-refractivity contribution in [1.82, 2.24) is 15.1 Å². The number of furan rings is 1. The van der Waals surface area contributed by atoms with Gasteiger partial charge in [-0.2, -0.15) is 5.10 Å². The van der Waals surface area contributed by atoms with Crippen LogP contribution in [-0.4, -0.2) is 32.3 Å². The number of benzene rings is 1. The van der Waals surface area contributed by atoms with E-state index in [2.05, 4.69) is 10.4 Å². The molecule has 9 heteroatoms. The highest BCUT2D eigenvalue weighted by Crippen LogP contribution is 2.17. The average molecular weight is 342 g/mol. The van der Waals surface area contributed by atoms with Gasteiger partial charge in [-0.25, -0.2) is 4.68 Å². The number of nitro benzene ring substituents is 1. The summed E-state index contributed by atoms with van der Waals surface area (Å²) in [4.78, 5) is 22.6. The van der Waals surface area contributed by atoms with E-state index in [1.54, 1.807) is 18.2 Å². The number of aliphatic hydroxyl groups is 1. The van der Waals surface area contributed by atoms with Gasteiger partial charge in [0.05, 0.1) is 23.5 Å². The van der Waals surface area contributed by atoms with Gasteiger partial charge in [0.25, 0.3) is 11.6 Å². The number of rotatable bonds is 6. The van der Waals surface area contributed by atoms with Crippen molar-refractivity contribution in [3.8, 4) is 5.69 Å². The van der Waals surface area contributed by atoms with Gasteiger partial charge in [0.2, 0.25) is 0 Å². The lowest BCUT2D eigenvalue weighted by atomic mass is 10.2. The van der Waals surface area contributed by atoms with Gasteiger partial charge in [-0.3, -0.25) is 14.9 Å². The van der Waals surface area contributed by atoms with Crippen LogP contribution in [0.2, 0.25) is 0 Å². The molecule has 0 spiro atoms. The van der Waals surface area contributed by atoms with Crippen LogP contribution < -0.4 is 5.32 Å². The van der Waals surface area contributed by atoms with Gasteiger partial charge in [0, 0.05) is 18.3 Å². The Morgan fingerprint density at radius 1 is 1.36 bits per heavy atom. The summed E-state index contributed by atoms with van der Waals surface area (Å²) in [6, 6.07) is 9.98. The van der Waals surface area contributed by atoms with E-state index in [-0.39, 0.29) is 18.0 Å². The normalized spacial score (nSPS) is 11.9. The lowest BCUT2D eigenvalue weighted by Crippen LogP contribution is -2.30. The van der Waals surface area contributed by atoms with Crippen LogP contribution >= 0.6 is 0 Å². The van der Waals surface area contributed by atoms with Crippen LogP contribution in [0.3, 0.4) is 0 Å². The molecule has 128 valence electrons. The summed E-state index contributed by atoms with van der Waals surface area (Å²) < 4.78 is 6.53. The number of aliphatic hydroxyl groups excluding tert-OH is 1. The first-order chi connectivity index (χ1) is 12.1. The van der Waals surface area contributed by atoms with Crippen molar-refractivity contribution < 1.29 is 19.2 Å². The summed E-state index contributed by atoms with van der Waals surface area (Å²) in [6.45, 7) is -0.329. The molecule has 1 unspecified atom stereocenters. The topological polar surface area (TPSA) is 123 Å². The molecule has 0 aliphatic rings. The van der Waals surface area contributed by atoms with E-state index < -0.39 is 16.9 Å². The van der Waals surface area contributed by atoms with E-state index in [1.807, 2.05) is 0 Å². The van der Waals surface area contributed by atoms with E-state index in [9.17, 15) is 20.0 Å². The highest BCUT2D eigenvalue weighted by atomic mass is 16.6. The number of amides is 1. The van der Waals surface area contributed by atoms with E-state index in [1.165, 1.54) is 41.4 Å². The standard InChI is InChI=1S/C16H14N4O5/c21-10-14(15-5-2-8-25-15)17-16(22)13-6-7-19(18-13)11-3-1-4-12(9-11)20(23)24/h1-9,14,21H,10H2,(H,17,22). The number of carbonyl (C=O) groups excluding carboxylic acids is 1. The highest BCUT2D eigenvalue weighted by Gasteiger charge is 2.19. The number of hydrogen-bond donors (Lipinski definition) is 2. The molecule has 1 atom stereocenters. The number of nitro groups is 1. The Morgan fingerprint density at radius 3 is 2.88 bits per heavy atom. The average Bonchev–Trinajstić information content (AvgIpc) is 3.31. The SMILES string of the molecule is O=C(NC(CO)c1ccco1)c1ccn(-c2cccc([N+](=O)[O-])c2)n1. The molecule has 0 saturated heterocycles. The lowest BCUT2D eigenvalue weighted by molar-refractivity contribution is -0.384. The predicted octanol–water partition coefficient (Wildman–Crippen LogP) is 1.84. The molecule has 0 saturated carbocycles.